The Balaban J connectivity index is 3.55. The number of ether oxygens (including phenoxy) is 1. The van der Waals surface area contributed by atoms with E-state index in [1.807, 2.05) is 0 Å². The van der Waals surface area contributed by atoms with E-state index in [4.69, 9.17) is 9.84 Å². The average Bonchev–Trinajstić information content (AvgIpc) is 2.83. The summed E-state index contributed by atoms with van der Waals surface area (Å²) in [6.07, 6.45) is 30.2. The minimum atomic E-state index is -0.673. The van der Waals surface area contributed by atoms with Gasteiger partial charge in [0.1, 0.15) is 6.10 Å². The molecule has 0 aliphatic carbocycles. The van der Waals surface area contributed by atoms with Crippen LogP contribution in [0, 0.1) is 0 Å². The number of carboxylic acid groups (broad SMARTS) is 1. The van der Waals surface area contributed by atoms with Crippen LogP contribution in [0.1, 0.15) is 181 Å². The standard InChI is InChI=1S/C31H60O4/c1-3-5-6-7-8-9-15-18-21-24-28-31(34)35-29(25-4-2)26-22-19-16-13-11-10-12-14-17-20-23-27-30(32)33/h29H,3-28H2,1-2H3,(H,32,33). The van der Waals surface area contributed by atoms with E-state index < -0.39 is 5.97 Å². The van der Waals surface area contributed by atoms with E-state index in [2.05, 4.69) is 13.8 Å². The maximum atomic E-state index is 12.3. The highest BCUT2D eigenvalue weighted by molar-refractivity contribution is 5.69. The number of carbonyl (C=O) groups is 2. The average molecular weight is 497 g/mol. The van der Waals surface area contributed by atoms with Crippen LogP contribution in [0.5, 0.6) is 0 Å². The van der Waals surface area contributed by atoms with Gasteiger partial charge in [0.25, 0.3) is 0 Å². The van der Waals surface area contributed by atoms with Gasteiger partial charge in [-0.05, 0) is 32.1 Å². The lowest BCUT2D eigenvalue weighted by Gasteiger charge is -2.17. The van der Waals surface area contributed by atoms with Gasteiger partial charge < -0.3 is 9.84 Å². The van der Waals surface area contributed by atoms with Crippen LogP contribution in [0.3, 0.4) is 0 Å². The number of rotatable bonds is 28. The molecule has 0 aromatic rings. The fourth-order valence-corrected chi connectivity index (χ4v) is 4.82. The van der Waals surface area contributed by atoms with Crippen molar-refractivity contribution in [2.75, 3.05) is 0 Å². The number of carbonyl (C=O) groups excluding carboxylic acids is 1. The molecule has 208 valence electrons. The molecule has 4 heteroatoms. The first-order valence-electron chi connectivity index (χ1n) is 15.5. The van der Waals surface area contributed by atoms with E-state index in [1.165, 1.54) is 109 Å². The van der Waals surface area contributed by atoms with Gasteiger partial charge in [0.05, 0.1) is 0 Å². The number of esters is 1. The molecule has 0 aromatic heterocycles. The molecule has 0 spiro atoms. The van der Waals surface area contributed by atoms with Crippen LogP contribution < -0.4 is 0 Å². The second-order valence-electron chi connectivity index (χ2n) is 10.7. The van der Waals surface area contributed by atoms with Crippen molar-refractivity contribution in [3.05, 3.63) is 0 Å². The van der Waals surface area contributed by atoms with Gasteiger partial charge >= 0.3 is 11.9 Å². The van der Waals surface area contributed by atoms with Crippen molar-refractivity contribution in [2.24, 2.45) is 0 Å². The zero-order valence-corrected chi connectivity index (χ0v) is 23.6. The van der Waals surface area contributed by atoms with Crippen LogP contribution in [-0.2, 0) is 14.3 Å². The first-order chi connectivity index (χ1) is 17.1. The molecule has 0 saturated carbocycles. The maximum absolute atomic E-state index is 12.3. The first-order valence-corrected chi connectivity index (χ1v) is 15.5. The molecule has 0 amide bonds. The molecule has 1 atom stereocenters. The summed E-state index contributed by atoms with van der Waals surface area (Å²) in [5, 5.41) is 8.63. The number of unbranched alkanes of at least 4 members (excludes halogenated alkanes) is 19. The second-order valence-corrected chi connectivity index (χ2v) is 10.7. The van der Waals surface area contributed by atoms with Crippen LogP contribution >= 0.6 is 0 Å². The fraction of sp³-hybridized carbons (Fsp3) is 0.935. The van der Waals surface area contributed by atoms with E-state index in [1.54, 1.807) is 0 Å². The van der Waals surface area contributed by atoms with Crippen molar-refractivity contribution in [1.29, 1.82) is 0 Å². The van der Waals surface area contributed by atoms with Gasteiger partial charge in [-0.2, -0.15) is 0 Å². The van der Waals surface area contributed by atoms with Crippen LogP contribution in [0.2, 0.25) is 0 Å². The van der Waals surface area contributed by atoms with E-state index in [9.17, 15) is 9.59 Å². The Kier molecular flexibility index (Phi) is 26.7. The molecule has 0 aromatic carbocycles. The van der Waals surface area contributed by atoms with Gasteiger partial charge in [0, 0.05) is 12.8 Å². The van der Waals surface area contributed by atoms with Crippen molar-refractivity contribution in [3.8, 4) is 0 Å². The van der Waals surface area contributed by atoms with Crippen molar-refractivity contribution in [3.63, 3.8) is 0 Å². The normalized spacial score (nSPS) is 12.1. The SMILES string of the molecule is CCCCCCCCCCCCC(=O)OC(CCC)CCCCCCCCCCCCCC(=O)O. The van der Waals surface area contributed by atoms with Crippen LogP contribution in [0.4, 0.5) is 0 Å². The fourth-order valence-electron chi connectivity index (χ4n) is 4.82. The highest BCUT2D eigenvalue weighted by Gasteiger charge is 2.13. The van der Waals surface area contributed by atoms with E-state index in [-0.39, 0.29) is 12.1 Å². The predicted molar refractivity (Wildman–Crippen MR) is 149 cm³/mol. The molecule has 0 heterocycles. The lowest BCUT2D eigenvalue weighted by molar-refractivity contribution is -0.150. The third-order valence-corrected chi connectivity index (χ3v) is 7.06. The van der Waals surface area contributed by atoms with Gasteiger partial charge in [-0.1, -0.05) is 136 Å². The minimum absolute atomic E-state index is 0.0194. The van der Waals surface area contributed by atoms with Gasteiger partial charge in [-0.15, -0.1) is 0 Å². The van der Waals surface area contributed by atoms with Gasteiger partial charge in [-0.25, -0.2) is 0 Å². The van der Waals surface area contributed by atoms with E-state index >= 15 is 0 Å². The summed E-state index contributed by atoms with van der Waals surface area (Å²) >= 11 is 0. The minimum Gasteiger partial charge on any atom is -0.481 e. The zero-order valence-electron chi connectivity index (χ0n) is 23.6. The Morgan fingerprint density at radius 3 is 1.34 bits per heavy atom. The summed E-state index contributed by atoms with van der Waals surface area (Å²) in [6.45, 7) is 4.44. The highest BCUT2D eigenvalue weighted by Crippen LogP contribution is 2.17. The Morgan fingerprint density at radius 2 is 0.914 bits per heavy atom. The van der Waals surface area contributed by atoms with E-state index in [0.29, 0.717) is 12.8 Å². The molecule has 0 radical (unpaired) electrons. The van der Waals surface area contributed by atoms with Crippen LogP contribution in [0.25, 0.3) is 0 Å². The summed E-state index contributed by atoms with van der Waals surface area (Å²) in [7, 11) is 0. The Hall–Kier alpha value is -1.06. The lowest BCUT2D eigenvalue weighted by atomic mass is 10.0. The number of aliphatic carboxylic acids is 1. The van der Waals surface area contributed by atoms with Crippen LogP contribution in [-0.4, -0.2) is 23.1 Å². The summed E-state index contributed by atoms with van der Waals surface area (Å²) < 4.78 is 5.82. The van der Waals surface area contributed by atoms with Crippen molar-refractivity contribution >= 4 is 11.9 Å². The predicted octanol–water partition coefficient (Wildman–Crippen LogP) is 10.2. The number of carboxylic acids is 1. The first kappa shape index (κ1) is 33.9. The monoisotopic (exact) mass is 496 g/mol. The molecule has 0 bridgehead atoms. The molecule has 0 rings (SSSR count). The van der Waals surface area contributed by atoms with Gasteiger partial charge in [0.15, 0.2) is 0 Å². The quantitative estimate of drug-likeness (QED) is 0.0864. The molecule has 0 aliphatic rings. The molecule has 1 unspecified atom stereocenters. The smallest absolute Gasteiger partial charge is 0.306 e. The molecule has 0 saturated heterocycles. The zero-order chi connectivity index (χ0) is 25.8. The summed E-state index contributed by atoms with van der Waals surface area (Å²) in [5.41, 5.74) is 0. The molecular formula is C31H60O4. The van der Waals surface area contributed by atoms with Gasteiger partial charge in [-0.3, -0.25) is 9.59 Å². The highest BCUT2D eigenvalue weighted by atomic mass is 16.5. The van der Waals surface area contributed by atoms with Crippen molar-refractivity contribution in [1.82, 2.24) is 0 Å². The molecule has 1 N–H and O–H groups in total. The topological polar surface area (TPSA) is 63.6 Å². The Morgan fingerprint density at radius 1 is 0.514 bits per heavy atom. The van der Waals surface area contributed by atoms with Gasteiger partial charge in [0.2, 0.25) is 0 Å². The third kappa shape index (κ3) is 27.4. The second kappa shape index (κ2) is 27.5. The number of hydrogen-bond acceptors (Lipinski definition) is 3. The summed E-state index contributed by atoms with van der Waals surface area (Å²) in [4.78, 5) is 22.7. The Labute approximate surface area is 218 Å². The molecule has 0 fully saturated rings. The molecule has 35 heavy (non-hydrogen) atoms. The van der Waals surface area contributed by atoms with Crippen molar-refractivity contribution < 1.29 is 19.4 Å². The summed E-state index contributed by atoms with van der Waals surface area (Å²) in [6, 6.07) is 0. The molecule has 4 nitrogen and oxygen atoms in total. The maximum Gasteiger partial charge on any atom is 0.306 e. The lowest BCUT2D eigenvalue weighted by Crippen LogP contribution is -2.18. The molecular weight excluding hydrogens is 436 g/mol. The third-order valence-electron chi connectivity index (χ3n) is 7.06. The largest absolute Gasteiger partial charge is 0.481 e. The van der Waals surface area contributed by atoms with Crippen molar-refractivity contribution in [2.45, 2.75) is 187 Å². The molecule has 0 aliphatic heterocycles. The number of hydrogen-bond donors (Lipinski definition) is 1. The summed E-state index contributed by atoms with van der Waals surface area (Å²) in [5.74, 6) is -0.653. The Bertz CT molecular complexity index is 463. The van der Waals surface area contributed by atoms with Crippen LogP contribution in [0.15, 0.2) is 0 Å². The van der Waals surface area contributed by atoms with E-state index in [0.717, 1.165) is 44.9 Å².